The highest BCUT2D eigenvalue weighted by atomic mass is 32.2. The number of aromatic hydroxyl groups is 2. The van der Waals surface area contributed by atoms with Crippen molar-refractivity contribution in [2.45, 2.75) is 50.3 Å². The Balaban J connectivity index is 1.44. The number of aryl methyl sites for hydroxylation is 2. The fraction of sp³-hybridized carbons (Fsp3) is 0.357. The maximum atomic E-state index is 13.4. The number of hydrogen-bond acceptors (Lipinski definition) is 6. The number of carbonyl (C=O) groups excluding carboxylic acids is 1. The van der Waals surface area contributed by atoms with E-state index in [1.54, 1.807) is 6.07 Å². The third-order valence-corrected chi connectivity index (χ3v) is 8.73. The summed E-state index contributed by atoms with van der Waals surface area (Å²) in [6.45, 7) is 4.36. The minimum atomic E-state index is -3.59. The van der Waals surface area contributed by atoms with Crippen molar-refractivity contribution < 1.29 is 23.4 Å². The number of hydrogen-bond donors (Lipinski definition) is 3. The molecule has 5 rings (SSSR count). The van der Waals surface area contributed by atoms with Crippen molar-refractivity contribution in [1.29, 1.82) is 0 Å². The zero-order valence-electron chi connectivity index (χ0n) is 20.4. The van der Waals surface area contributed by atoms with Crippen LogP contribution in [0.25, 0.3) is 11.3 Å². The van der Waals surface area contributed by atoms with Crippen LogP contribution in [-0.2, 0) is 16.4 Å². The molecule has 7 nitrogen and oxygen atoms in total. The molecule has 2 atom stereocenters. The van der Waals surface area contributed by atoms with Gasteiger partial charge in [0.15, 0.2) is 5.78 Å². The van der Waals surface area contributed by atoms with Gasteiger partial charge in [-0.3, -0.25) is 9.78 Å². The number of nitrogens with zero attached hydrogens (tertiary/aromatic N) is 1. The van der Waals surface area contributed by atoms with E-state index in [1.807, 2.05) is 32.0 Å². The summed E-state index contributed by atoms with van der Waals surface area (Å²) >= 11 is 0. The molecule has 1 saturated carbocycles. The van der Waals surface area contributed by atoms with E-state index >= 15 is 0 Å². The number of phenolic OH excluding ortho intramolecular Hbond substituents is 2. The number of pyridine rings is 1. The van der Waals surface area contributed by atoms with Crippen LogP contribution in [0.3, 0.4) is 0 Å². The molecule has 0 bridgehead atoms. The highest BCUT2D eigenvalue weighted by Gasteiger charge is 2.34. The van der Waals surface area contributed by atoms with Crippen molar-refractivity contribution in [3.8, 4) is 22.8 Å². The molecule has 0 saturated heterocycles. The maximum Gasteiger partial charge on any atom is 0.242 e. The van der Waals surface area contributed by atoms with Crippen molar-refractivity contribution in [2.75, 3.05) is 6.54 Å². The smallest absolute Gasteiger partial charge is 0.242 e. The van der Waals surface area contributed by atoms with Gasteiger partial charge >= 0.3 is 0 Å². The maximum absolute atomic E-state index is 13.4. The normalized spacial score (nSPS) is 19.6. The third-order valence-electron chi connectivity index (χ3n) is 7.34. The van der Waals surface area contributed by atoms with Crippen LogP contribution in [0, 0.1) is 18.8 Å². The number of nitrogens with one attached hydrogen (secondary N) is 1. The van der Waals surface area contributed by atoms with Crippen molar-refractivity contribution >= 4 is 15.8 Å². The first kappa shape index (κ1) is 24.5. The predicted molar refractivity (Wildman–Crippen MR) is 137 cm³/mol. The van der Waals surface area contributed by atoms with Crippen LogP contribution in [-0.4, -0.2) is 35.9 Å². The summed E-state index contributed by atoms with van der Waals surface area (Å²) in [5, 5.41) is 19.9. The second kappa shape index (κ2) is 9.33. The molecular weight excluding hydrogens is 476 g/mol. The Morgan fingerprint density at radius 3 is 2.56 bits per heavy atom. The number of sulfonamides is 1. The van der Waals surface area contributed by atoms with Gasteiger partial charge in [-0.1, -0.05) is 19.1 Å². The van der Waals surface area contributed by atoms with Gasteiger partial charge in [-0.25, -0.2) is 13.1 Å². The molecule has 0 radical (unpaired) electrons. The molecular formula is C28H30N2O5S. The van der Waals surface area contributed by atoms with Gasteiger partial charge in [-0.15, -0.1) is 0 Å². The van der Waals surface area contributed by atoms with Crippen LogP contribution in [0.1, 0.15) is 59.2 Å². The first-order chi connectivity index (χ1) is 17.1. The van der Waals surface area contributed by atoms with E-state index in [0.29, 0.717) is 18.2 Å². The molecule has 3 aromatic rings. The number of aromatic nitrogens is 1. The molecule has 2 unspecified atom stereocenters. The molecule has 0 spiro atoms. The molecule has 0 aliphatic heterocycles. The standard InChI is InChI=1S/C28H30N2O5S/c1-16-3-6-19-12-20(7-9-23(19)26(16)28(33)24-10-8-21(31)13-25(24)32)27-17(2)11-22(15-29-27)36(34,35)30-14-18-4-5-18/h7-13,15-16,18,26,30-32H,3-6,14H2,1-2H3. The second-order valence-corrected chi connectivity index (χ2v) is 11.9. The lowest BCUT2D eigenvalue weighted by atomic mass is 9.72. The van der Waals surface area contributed by atoms with Gasteiger partial charge < -0.3 is 10.2 Å². The molecule has 2 aliphatic carbocycles. The lowest BCUT2D eigenvalue weighted by molar-refractivity contribution is 0.0923. The number of ketones is 1. The summed E-state index contributed by atoms with van der Waals surface area (Å²) in [6.07, 6.45) is 5.17. The Labute approximate surface area is 211 Å². The van der Waals surface area contributed by atoms with Crippen LogP contribution in [0.5, 0.6) is 11.5 Å². The predicted octanol–water partition coefficient (Wildman–Crippen LogP) is 4.71. The Hall–Kier alpha value is -3.23. The average Bonchev–Trinajstić information content (AvgIpc) is 3.67. The van der Waals surface area contributed by atoms with Gasteiger partial charge in [0.2, 0.25) is 10.0 Å². The average molecular weight is 507 g/mol. The molecule has 1 fully saturated rings. The summed E-state index contributed by atoms with van der Waals surface area (Å²) in [4.78, 5) is 18.1. The quantitative estimate of drug-likeness (QED) is 0.400. The first-order valence-electron chi connectivity index (χ1n) is 12.3. The number of benzene rings is 2. The molecule has 2 aliphatic rings. The Morgan fingerprint density at radius 1 is 1.08 bits per heavy atom. The Bertz CT molecular complexity index is 1450. The lowest BCUT2D eigenvalue weighted by Crippen LogP contribution is -2.26. The van der Waals surface area contributed by atoms with Crippen LogP contribution in [0.15, 0.2) is 53.6 Å². The number of Topliss-reactive ketones (excluding diaryl/α,β-unsaturated/α-hetero) is 1. The number of fused-ring (bicyclic) bond motifs is 1. The zero-order chi connectivity index (χ0) is 25.6. The second-order valence-electron chi connectivity index (χ2n) is 10.1. The number of phenols is 2. The van der Waals surface area contributed by atoms with Crippen molar-refractivity contribution in [1.82, 2.24) is 9.71 Å². The highest BCUT2D eigenvalue weighted by molar-refractivity contribution is 7.89. The third kappa shape index (κ3) is 4.75. The van der Waals surface area contributed by atoms with E-state index in [9.17, 15) is 23.4 Å². The molecule has 0 amide bonds. The minimum Gasteiger partial charge on any atom is -0.508 e. The van der Waals surface area contributed by atoms with Crippen molar-refractivity contribution in [2.24, 2.45) is 11.8 Å². The van der Waals surface area contributed by atoms with E-state index < -0.39 is 15.9 Å². The van der Waals surface area contributed by atoms with Gasteiger partial charge in [0.05, 0.1) is 17.2 Å². The summed E-state index contributed by atoms with van der Waals surface area (Å²) in [5.74, 6) is -0.353. The largest absolute Gasteiger partial charge is 0.508 e. The van der Waals surface area contributed by atoms with Gasteiger partial charge in [0.25, 0.3) is 0 Å². The Morgan fingerprint density at radius 2 is 1.86 bits per heavy atom. The highest BCUT2D eigenvalue weighted by Crippen LogP contribution is 2.41. The van der Waals surface area contributed by atoms with E-state index in [0.717, 1.165) is 47.9 Å². The molecule has 36 heavy (non-hydrogen) atoms. The fourth-order valence-electron chi connectivity index (χ4n) is 5.06. The van der Waals surface area contributed by atoms with E-state index in [-0.39, 0.29) is 33.7 Å². The lowest BCUT2D eigenvalue weighted by Gasteiger charge is -2.31. The Kier molecular flexibility index (Phi) is 6.34. The molecule has 1 heterocycles. The minimum absolute atomic E-state index is 0.0915. The monoisotopic (exact) mass is 506 g/mol. The summed E-state index contributed by atoms with van der Waals surface area (Å²) in [5.41, 5.74) is 4.51. The first-order valence-corrected chi connectivity index (χ1v) is 13.8. The van der Waals surface area contributed by atoms with E-state index in [1.165, 1.54) is 24.4 Å². The van der Waals surface area contributed by atoms with E-state index in [2.05, 4.69) is 9.71 Å². The molecule has 8 heteroatoms. The molecule has 3 N–H and O–H groups in total. The fourth-order valence-corrected chi connectivity index (χ4v) is 6.20. The topological polar surface area (TPSA) is 117 Å². The van der Waals surface area contributed by atoms with Crippen LogP contribution in [0.4, 0.5) is 0 Å². The van der Waals surface area contributed by atoms with Gasteiger partial charge in [-0.2, -0.15) is 0 Å². The van der Waals surface area contributed by atoms with Crippen LogP contribution < -0.4 is 4.72 Å². The van der Waals surface area contributed by atoms with Crippen LogP contribution in [0.2, 0.25) is 0 Å². The molecule has 188 valence electrons. The SMILES string of the molecule is Cc1cc(S(=O)(=O)NCC2CC2)cnc1-c1ccc2c(c1)CCC(C)C2C(=O)c1ccc(O)cc1O. The van der Waals surface area contributed by atoms with E-state index in [4.69, 9.17) is 0 Å². The molecule has 2 aromatic carbocycles. The number of rotatable bonds is 7. The zero-order valence-corrected chi connectivity index (χ0v) is 21.2. The van der Waals surface area contributed by atoms with Crippen LogP contribution >= 0.6 is 0 Å². The summed E-state index contributed by atoms with van der Waals surface area (Å²) < 4.78 is 27.9. The summed E-state index contributed by atoms with van der Waals surface area (Å²) in [7, 11) is -3.59. The van der Waals surface area contributed by atoms with Crippen molar-refractivity contribution in [3.05, 3.63) is 70.9 Å². The molecule has 1 aromatic heterocycles. The number of carbonyl (C=O) groups is 1. The van der Waals surface area contributed by atoms with Gasteiger partial charge in [-0.05, 0) is 85.4 Å². The van der Waals surface area contributed by atoms with Gasteiger partial charge in [0.1, 0.15) is 16.4 Å². The van der Waals surface area contributed by atoms with Crippen molar-refractivity contribution in [3.63, 3.8) is 0 Å². The summed E-state index contributed by atoms with van der Waals surface area (Å²) in [6, 6.07) is 11.6. The van der Waals surface area contributed by atoms with Gasteiger partial charge in [0, 0.05) is 24.4 Å².